The number of benzene rings is 4. The molecule has 0 bridgehead atoms. The molecule has 0 spiro atoms. The molecule has 222 valence electrons. The van der Waals surface area contributed by atoms with Crippen LogP contribution in [-0.4, -0.2) is 41.9 Å². The number of nitrogens with zero attached hydrogens (tertiary/aromatic N) is 1. The van der Waals surface area contributed by atoms with Crippen molar-refractivity contribution in [2.24, 2.45) is 0 Å². The molecule has 6 rings (SSSR count). The molecule has 0 aromatic heterocycles. The zero-order chi connectivity index (χ0) is 29.9. The van der Waals surface area contributed by atoms with Gasteiger partial charge in [0.15, 0.2) is 17.6 Å². The molecule has 2 atom stereocenters. The average molecular weight is 578 g/mol. The highest BCUT2D eigenvalue weighted by atomic mass is 16.6. The van der Waals surface area contributed by atoms with Crippen molar-refractivity contribution in [1.29, 1.82) is 0 Å². The Balaban J connectivity index is 1.27. The lowest BCUT2D eigenvalue weighted by molar-refractivity contribution is -0.00581. The Labute approximate surface area is 254 Å². The standard InChI is InChI=1S/C37H39NO5/c1-36(2,3)43-35(39)38-23-13-20-31(38)34-26-40-32-22-21-27(24-33(32)42-34)25-41-37(28-14-7-4-8-15-28,29-16-9-5-10-17-29)30-18-11-6-12-19-30/h4-12,14-19,21-22,24,31,34H,13,20,23,25-26H2,1-3H3/t31-,34-/m0/s1. The predicted octanol–water partition coefficient (Wildman–Crippen LogP) is 7.73. The highest BCUT2D eigenvalue weighted by Crippen LogP contribution is 2.42. The van der Waals surface area contributed by atoms with Crippen molar-refractivity contribution in [3.63, 3.8) is 0 Å². The Hall–Kier alpha value is -4.29. The van der Waals surface area contributed by atoms with Crippen LogP contribution in [0.4, 0.5) is 4.79 Å². The van der Waals surface area contributed by atoms with E-state index in [9.17, 15) is 4.79 Å². The Bertz CT molecular complexity index is 1420. The molecule has 4 aromatic carbocycles. The summed E-state index contributed by atoms with van der Waals surface area (Å²) in [5, 5.41) is 0. The van der Waals surface area contributed by atoms with Crippen LogP contribution in [0.1, 0.15) is 55.9 Å². The summed E-state index contributed by atoms with van der Waals surface area (Å²) in [4.78, 5) is 14.7. The first-order chi connectivity index (χ1) is 20.8. The molecule has 6 nitrogen and oxygen atoms in total. The fourth-order valence-electron chi connectivity index (χ4n) is 6.10. The maximum atomic E-state index is 12.9. The predicted molar refractivity (Wildman–Crippen MR) is 166 cm³/mol. The summed E-state index contributed by atoms with van der Waals surface area (Å²) in [6, 6.07) is 36.9. The van der Waals surface area contributed by atoms with Gasteiger partial charge in [-0.25, -0.2) is 4.79 Å². The smallest absolute Gasteiger partial charge is 0.410 e. The summed E-state index contributed by atoms with van der Waals surface area (Å²) in [6.45, 7) is 7.04. The number of hydrogen-bond donors (Lipinski definition) is 0. The third kappa shape index (κ3) is 6.11. The van der Waals surface area contributed by atoms with E-state index in [4.69, 9.17) is 18.9 Å². The SMILES string of the molecule is CC(C)(C)OC(=O)N1CCC[C@H]1[C@@H]1COc2ccc(COC(c3ccccc3)(c3ccccc3)c3ccccc3)cc2O1. The Kier molecular flexibility index (Phi) is 8.13. The summed E-state index contributed by atoms with van der Waals surface area (Å²) in [5.74, 6) is 1.36. The minimum Gasteiger partial charge on any atom is -0.486 e. The van der Waals surface area contributed by atoms with E-state index in [1.165, 1.54) is 0 Å². The van der Waals surface area contributed by atoms with Crippen molar-refractivity contribution in [1.82, 2.24) is 4.90 Å². The zero-order valence-electron chi connectivity index (χ0n) is 25.1. The van der Waals surface area contributed by atoms with Crippen LogP contribution in [0, 0.1) is 0 Å². The second kappa shape index (κ2) is 12.1. The molecule has 0 aliphatic carbocycles. The second-order valence-corrected chi connectivity index (χ2v) is 12.2. The number of carbonyl (C=O) groups is 1. The molecule has 1 amide bonds. The van der Waals surface area contributed by atoms with Gasteiger partial charge in [-0.15, -0.1) is 0 Å². The molecular weight excluding hydrogens is 538 g/mol. The van der Waals surface area contributed by atoms with E-state index in [1.54, 1.807) is 4.90 Å². The molecule has 2 aliphatic rings. The van der Waals surface area contributed by atoms with E-state index in [2.05, 4.69) is 36.4 Å². The van der Waals surface area contributed by atoms with Crippen LogP contribution in [0.2, 0.25) is 0 Å². The van der Waals surface area contributed by atoms with Crippen molar-refractivity contribution in [3.8, 4) is 11.5 Å². The molecule has 0 N–H and O–H groups in total. The number of amides is 1. The van der Waals surface area contributed by atoms with Crippen LogP contribution in [0.15, 0.2) is 109 Å². The lowest BCUT2D eigenvalue weighted by Gasteiger charge is -2.36. The van der Waals surface area contributed by atoms with Crippen molar-refractivity contribution in [3.05, 3.63) is 131 Å². The second-order valence-electron chi connectivity index (χ2n) is 12.2. The third-order valence-electron chi connectivity index (χ3n) is 8.04. The van der Waals surface area contributed by atoms with Crippen LogP contribution < -0.4 is 9.47 Å². The van der Waals surface area contributed by atoms with Crippen LogP contribution in [0.5, 0.6) is 11.5 Å². The Morgan fingerprint density at radius 1 is 0.814 bits per heavy atom. The van der Waals surface area contributed by atoms with Gasteiger partial charge in [-0.05, 0) is 68.0 Å². The highest BCUT2D eigenvalue weighted by molar-refractivity contribution is 5.69. The molecule has 0 unspecified atom stereocenters. The van der Waals surface area contributed by atoms with E-state index < -0.39 is 11.2 Å². The largest absolute Gasteiger partial charge is 0.486 e. The minimum absolute atomic E-state index is 0.107. The molecule has 0 saturated carbocycles. The average Bonchev–Trinajstić information content (AvgIpc) is 3.52. The van der Waals surface area contributed by atoms with Gasteiger partial charge in [-0.3, -0.25) is 0 Å². The van der Waals surface area contributed by atoms with E-state index in [-0.39, 0.29) is 18.2 Å². The summed E-state index contributed by atoms with van der Waals surface area (Å²) >= 11 is 0. The molecule has 0 radical (unpaired) electrons. The first-order valence-electron chi connectivity index (χ1n) is 15.1. The molecule has 6 heteroatoms. The number of rotatable bonds is 7. The van der Waals surface area contributed by atoms with Gasteiger partial charge in [0.25, 0.3) is 0 Å². The summed E-state index contributed by atoms with van der Waals surface area (Å²) in [6.07, 6.45) is 1.17. The fraction of sp³-hybridized carbons (Fsp3) is 0.324. The van der Waals surface area contributed by atoms with Gasteiger partial charge in [0.05, 0.1) is 12.6 Å². The lowest BCUT2D eigenvalue weighted by atomic mass is 9.80. The lowest BCUT2D eigenvalue weighted by Crippen LogP contribution is -2.50. The molecule has 1 fully saturated rings. The highest BCUT2D eigenvalue weighted by Gasteiger charge is 2.41. The monoisotopic (exact) mass is 577 g/mol. The number of carbonyl (C=O) groups excluding carboxylic acids is 1. The third-order valence-corrected chi connectivity index (χ3v) is 8.04. The summed E-state index contributed by atoms with van der Waals surface area (Å²) < 4.78 is 25.4. The normalized spacial score (nSPS) is 18.3. The fourth-order valence-corrected chi connectivity index (χ4v) is 6.10. The van der Waals surface area contributed by atoms with E-state index in [0.29, 0.717) is 31.3 Å². The van der Waals surface area contributed by atoms with Crippen LogP contribution in [-0.2, 0) is 21.7 Å². The zero-order valence-corrected chi connectivity index (χ0v) is 25.1. The first-order valence-corrected chi connectivity index (χ1v) is 15.1. The number of fused-ring (bicyclic) bond motifs is 1. The van der Waals surface area contributed by atoms with Gasteiger partial charge in [0.2, 0.25) is 0 Å². The molecule has 2 heterocycles. The maximum Gasteiger partial charge on any atom is 0.410 e. The Morgan fingerprint density at radius 3 is 1.95 bits per heavy atom. The van der Waals surface area contributed by atoms with E-state index >= 15 is 0 Å². The topological polar surface area (TPSA) is 57.2 Å². The van der Waals surface area contributed by atoms with Gasteiger partial charge in [0, 0.05) is 6.54 Å². The molecule has 1 saturated heterocycles. The summed E-state index contributed by atoms with van der Waals surface area (Å²) in [7, 11) is 0. The van der Waals surface area contributed by atoms with Crippen molar-refractivity contribution in [2.45, 2.75) is 63.6 Å². The van der Waals surface area contributed by atoms with Gasteiger partial charge >= 0.3 is 6.09 Å². The maximum absolute atomic E-state index is 12.9. The van der Waals surface area contributed by atoms with Gasteiger partial charge < -0.3 is 23.8 Å². The quantitative estimate of drug-likeness (QED) is 0.210. The van der Waals surface area contributed by atoms with E-state index in [0.717, 1.165) is 35.1 Å². The molecule has 43 heavy (non-hydrogen) atoms. The van der Waals surface area contributed by atoms with Gasteiger partial charge in [0.1, 0.15) is 17.8 Å². The van der Waals surface area contributed by atoms with Crippen molar-refractivity contribution in [2.75, 3.05) is 13.2 Å². The van der Waals surface area contributed by atoms with Gasteiger partial charge in [-0.1, -0.05) is 97.1 Å². The minimum atomic E-state index is -0.822. The number of ether oxygens (including phenoxy) is 4. The van der Waals surface area contributed by atoms with Crippen molar-refractivity contribution < 1.29 is 23.7 Å². The number of likely N-dealkylation sites (tertiary alicyclic amines) is 1. The van der Waals surface area contributed by atoms with Gasteiger partial charge in [-0.2, -0.15) is 0 Å². The van der Waals surface area contributed by atoms with Crippen molar-refractivity contribution >= 4 is 6.09 Å². The van der Waals surface area contributed by atoms with Crippen LogP contribution in [0.3, 0.4) is 0 Å². The summed E-state index contributed by atoms with van der Waals surface area (Å²) in [5.41, 5.74) is 2.74. The van der Waals surface area contributed by atoms with Crippen LogP contribution >= 0.6 is 0 Å². The molecule has 2 aliphatic heterocycles. The molecule has 4 aromatic rings. The Morgan fingerprint density at radius 2 is 1.40 bits per heavy atom. The van der Waals surface area contributed by atoms with Crippen LogP contribution in [0.25, 0.3) is 0 Å². The first kappa shape index (κ1) is 28.8. The van der Waals surface area contributed by atoms with E-state index in [1.807, 2.05) is 93.6 Å². The molecular formula is C37H39NO5. The number of hydrogen-bond acceptors (Lipinski definition) is 5.